The van der Waals surface area contributed by atoms with Crippen LogP contribution in [0.5, 0.6) is 0 Å². The summed E-state index contributed by atoms with van der Waals surface area (Å²) in [5.74, 6) is 0. The first-order valence-corrected chi connectivity index (χ1v) is 6.10. The molecule has 0 saturated heterocycles. The molecule has 0 heterocycles. The maximum absolute atomic E-state index is 3.79. The highest BCUT2D eigenvalue weighted by atomic mass is 14.9. The van der Waals surface area contributed by atoms with Crippen LogP contribution in [0, 0.1) is 13.8 Å². The van der Waals surface area contributed by atoms with Crippen LogP contribution < -0.4 is 5.32 Å². The molecule has 0 fully saturated rings. The summed E-state index contributed by atoms with van der Waals surface area (Å²) in [7, 11) is 0. The summed E-state index contributed by atoms with van der Waals surface area (Å²) < 4.78 is 0. The zero-order valence-corrected chi connectivity index (χ0v) is 10.7. The van der Waals surface area contributed by atoms with Crippen LogP contribution in [0.15, 0.2) is 30.9 Å². The van der Waals surface area contributed by atoms with Crippen LogP contribution in [0.1, 0.15) is 42.5 Å². The molecule has 1 heteroatoms. The molecule has 0 amide bonds. The Bertz CT molecular complexity index is 341. The van der Waals surface area contributed by atoms with E-state index in [1.807, 2.05) is 6.08 Å². The number of benzene rings is 1. The minimum Gasteiger partial charge on any atom is -0.310 e. The number of hydrogen-bond acceptors (Lipinski definition) is 1. The quantitative estimate of drug-likeness (QED) is 0.712. The Morgan fingerprint density at radius 1 is 1.31 bits per heavy atom. The number of allylic oxidation sites excluding steroid dienone is 1. The number of hydrogen-bond donors (Lipinski definition) is 1. The molecule has 1 rings (SSSR count). The van der Waals surface area contributed by atoms with E-state index in [4.69, 9.17) is 0 Å². The van der Waals surface area contributed by atoms with Crippen molar-refractivity contribution in [3.05, 3.63) is 47.5 Å². The number of aryl methyl sites for hydroxylation is 2. The molecule has 0 bridgehead atoms. The van der Waals surface area contributed by atoms with E-state index in [1.165, 1.54) is 16.7 Å². The topological polar surface area (TPSA) is 12.0 Å². The summed E-state index contributed by atoms with van der Waals surface area (Å²) in [4.78, 5) is 0. The third kappa shape index (κ3) is 3.49. The second-order valence-corrected chi connectivity index (χ2v) is 4.32. The van der Waals surface area contributed by atoms with Gasteiger partial charge in [0.15, 0.2) is 0 Å². The van der Waals surface area contributed by atoms with Gasteiger partial charge in [0, 0.05) is 6.04 Å². The Morgan fingerprint density at radius 3 is 2.62 bits per heavy atom. The molecule has 0 radical (unpaired) electrons. The van der Waals surface area contributed by atoms with Crippen LogP contribution in [0.3, 0.4) is 0 Å². The van der Waals surface area contributed by atoms with Gasteiger partial charge in [-0.3, -0.25) is 0 Å². The molecule has 16 heavy (non-hydrogen) atoms. The molecular weight excluding hydrogens is 194 g/mol. The Kier molecular flexibility index (Phi) is 5.27. The molecule has 1 aromatic carbocycles. The van der Waals surface area contributed by atoms with Crippen molar-refractivity contribution in [1.82, 2.24) is 5.32 Å². The highest BCUT2D eigenvalue weighted by molar-refractivity contribution is 5.31. The summed E-state index contributed by atoms with van der Waals surface area (Å²) in [5, 5.41) is 3.53. The van der Waals surface area contributed by atoms with E-state index in [-0.39, 0.29) is 0 Å². The lowest BCUT2D eigenvalue weighted by molar-refractivity contribution is 0.519. The molecule has 0 aliphatic heterocycles. The van der Waals surface area contributed by atoms with E-state index < -0.39 is 0 Å². The third-order valence-corrected chi connectivity index (χ3v) is 3.04. The van der Waals surface area contributed by atoms with E-state index >= 15 is 0 Å². The van der Waals surface area contributed by atoms with Gasteiger partial charge < -0.3 is 5.32 Å². The summed E-state index contributed by atoms with van der Waals surface area (Å²) >= 11 is 0. The lowest BCUT2D eigenvalue weighted by atomic mass is 9.98. The predicted octanol–water partition coefficient (Wildman–Crippen LogP) is 3.92. The van der Waals surface area contributed by atoms with E-state index in [2.05, 4.69) is 50.9 Å². The van der Waals surface area contributed by atoms with Gasteiger partial charge >= 0.3 is 0 Å². The molecule has 0 aliphatic rings. The minimum atomic E-state index is 0.460. The molecule has 1 atom stereocenters. The first kappa shape index (κ1) is 13.0. The standard InChI is InChI=1S/C15H23N/c1-5-7-8-15(16-6-2)14-10-9-12(3)13(4)11-14/h5,9-11,15-16H,1,6-8H2,2-4H3. The molecule has 0 saturated carbocycles. The van der Waals surface area contributed by atoms with Crippen LogP contribution in [-0.2, 0) is 0 Å². The highest BCUT2D eigenvalue weighted by Crippen LogP contribution is 2.21. The van der Waals surface area contributed by atoms with Gasteiger partial charge in [-0.25, -0.2) is 0 Å². The molecule has 1 unspecified atom stereocenters. The second kappa shape index (κ2) is 6.49. The van der Waals surface area contributed by atoms with Crippen molar-refractivity contribution in [3.63, 3.8) is 0 Å². The molecular formula is C15H23N. The van der Waals surface area contributed by atoms with Gasteiger partial charge in [0.2, 0.25) is 0 Å². The normalized spacial score (nSPS) is 12.4. The number of rotatable bonds is 6. The van der Waals surface area contributed by atoms with E-state index in [0.29, 0.717) is 6.04 Å². The van der Waals surface area contributed by atoms with Gasteiger partial charge in [-0.05, 0) is 49.9 Å². The Morgan fingerprint density at radius 2 is 2.06 bits per heavy atom. The summed E-state index contributed by atoms with van der Waals surface area (Å²) in [6.45, 7) is 11.3. The van der Waals surface area contributed by atoms with E-state index in [9.17, 15) is 0 Å². The van der Waals surface area contributed by atoms with Crippen molar-refractivity contribution in [2.75, 3.05) is 6.54 Å². The highest BCUT2D eigenvalue weighted by Gasteiger charge is 2.09. The van der Waals surface area contributed by atoms with Crippen LogP contribution in [0.2, 0.25) is 0 Å². The van der Waals surface area contributed by atoms with Crippen LogP contribution in [0.25, 0.3) is 0 Å². The Balaban J connectivity index is 2.82. The molecule has 88 valence electrons. The van der Waals surface area contributed by atoms with Gasteiger partial charge in [-0.2, -0.15) is 0 Å². The fourth-order valence-corrected chi connectivity index (χ4v) is 1.90. The van der Waals surface area contributed by atoms with Gasteiger partial charge in [0.25, 0.3) is 0 Å². The molecule has 0 aliphatic carbocycles. The Hall–Kier alpha value is -1.08. The van der Waals surface area contributed by atoms with Gasteiger partial charge in [-0.15, -0.1) is 6.58 Å². The SMILES string of the molecule is C=CCCC(NCC)c1ccc(C)c(C)c1. The average Bonchev–Trinajstić information content (AvgIpc) is 2.28. The van der Waals surface area contributed by atoms with E-state index in [1.54, 1.807) is 0 Å². The molecule has 0 spiro atoms. The van der Waals surface area contributed by atoms with Gasteiger partial charge in [-0.1, -0.05) is 31.2 Å². The maximum atomic E-state index is 3.79. The van der Waals surface area contributed by atoms with Crippen LogP contribution >= 0.6 is 0 Å². The Labute approximate surface area is 99.6 Å². The fraction of sp³-hybridized carbons (Fsp3) is 0.467. The summed E-state index contributed by atoms with van der Waals surface area (Å²) in [6, 6.07) is 7.20. The summed E-state index contributed by atoms with van der Waals surface area (Å²) in [5.41, 5.74) is 4.13. The largest absolute Gasteiger partial charge is 0.310 e. The smallest absolute Gasteiger partial charge is 0.0323 e. The van der Waals surface area contributed by atoms with Gasteiger partial charge in [0.1, 0.15) is 0 Å². The first-order valence-electron chi connectivity index (χ1n) is 6.10. The van der Waals surface area contributed by atoms with Crippen molar-refractivity contribution >= 4 is 0 Å². The fourth-order valence-electron chi connectivity index (χ4n) is 1.90. The summed E-state index contributed by atoms with van der Waals surface area (Å²) in [6.07, 6.45) is 4.18. The van der Waals surface area contributed by atoms with Crippen molar-refractivity contribution in [3.8, 4) is 0 Å². The van der Waals surface area contributed by atoms with Crippen LogP contribution in [0.4, 0.5) is 0 Å². The molecule has 1 aromatic rings. The number of nitrogens with one attached hydrogen (secondary N) is 1. The van der Waals surface area contributed by atoms with Crippen molar-refractivity contribution < 1.29 is 0 Å². The second-order valence-electron chi connectivity index (χ2n) is 4.32. The van der Waals surface area contributed by atoms with Crippen molar-refractivity contribution in [2.45, 2.75) is 39.7 Å². The monoisotopic (exact) mass is 217 g/mol. The van der Waals surface area contributed by atoms with Crippen molar-refractivity contribution in [1.29, 1.82) is 0 Å². The lowest BCUT2D eigenvalue weighted by Crippen LogP contribution is -2.20. The maximum Gasteiger partial charge on any atom is 0.0323 e. The third-order valence-electron chi connectivity index (χ3n) is 3.04. The molecule has 1 N–H and O–H groups in total. The van der Waals surface area contributed by atoms with Crippen LogP contribution in [-0.4, -0.2) is 6.54 Å². The van der Waals surface area contributed by atoms with Crippen molar-refractivity contribution in [2.24, 2.45) is 0 Å². The predicted molar refractivity (Wildman–Crippen MR) is 71.8 cm³/mol. The zero-order valence-electron chi connectivity index (χ0n) is 10.7. The molecule has 0 aromatic heterocycles. The average molecular weight is 217 g/mol. The van der Waals surface area contributed by atoms with Gasteiger partial charge in [0.05, 0.1) is 0 Å². The first-order chi connectivity index (χ1) is 7.69. The van der Waals surface area contributed by atoms with E-state index in [0.717, 1.165) is 19.4 Å². The lowest BCUT2D eigenvalue weighted by Gasteiger charge is -2.18. The molecule has 1 nitrogen and oxygen atoms in total. The minimum absolute atomic E-state index is 0.460. The zero-order chi connectivity index (χ0) is 12.0.